The monoisotopic (exact) mass is 461 g/mol. The maximum absolute atomic E-state index is 12.8. The van der Waals surface area contributed by atoms with Gasteiger partial charge in [0.15, 0.2) is 0 Å². The van der Waals surface area contributed by atoms with Gasteiger partial charge in [-0.1, -0.05) is 25.3 Å². The van der Waals surface area contributed by atoms with Gasteiger partial charge in [0.25, 0.3) is 5.91 Å². The number of hydrogen-bond acceptors (Lipinski definition) is 5. The van der Waals surface area contributed by atoms with Crippen LogP contribution in [0.2, 0.25) is 0 Å². The Hall–Kier alpha value is -3.19. The molecular weight excluding hydrogens is 434 g/mol. The number of carbonyl (C=O) groups excluding carboxylic acids is 2. The average Bonchev–Trinajstić information content (AvgIpc) is 3.51. The van der Waals surface area contributed by atoms with Crippen molar-refractivity contribution in [1.82, 2.24) is 9.97 Å². The van der Waals surface area contributed by atoms with Gasteiger partial charge in [-0.3, -0.25) is 4.79 Å². The summed E-state index contributed by atoms with van der Waals surface area (Å²) < 4.78 is 4.90. The number of thiazole rings is 1. The molecule has 0 radical (unpaired) electrons. The Balaban J connectivity index is 1.50. The van der Waals surface area contributed by atoms with Gasteiger partial charge in [-0.2, -0.15) is 0 Å². The number of amides is 1. The number of anilines is 1. The zero-order valence-corrected chi connectivity index (χ0v) is 19.9. The zero-order chi connectivity index (χ0) is 23.1. The van der Waals surface area contributed by atoms with Gasteiger partial charge in [0.05, 0.1) is 28.9 Å². The number of aromatic amines is 1. The molecule has 0 spiro atoms. The van der Waals surface area contributed by atoms with Crippen molar-refractivity contribution in [3.63, 3.8) is 0 Å². The highest BCUT2D eigenvalue weighted by molar-refractivity contribution is 7.10. The summed E-state index contributed by atoms with van der Waals surface area (Å²) in [6.45, 7) is 3.68. The normalized spacial score (nSPS) is 17.3. The quantitative estimate of drug-likeness (QED) is 0.364. The third-order valence-electron chi connectivity index (χ3n) is 6.73. The second kappa shape index (κ2) is 8.63. The number of benzene rings is 1. The van der Waals surface area contributed by atoms with Crippen LogP contribution in [0.15, 0.2) is 23.6 Å². The summed E-state index contributed by atoms with van der Waals surface area (Å²) in [6, 6.07) is 5.99. The number of H-pyrrole nitrogens is 1. The number of aromatic nitrogens is 2. The van der Waals surface area contributed by atoms with E-state index in [-0.39, 0.29) is 11.9 Å². The number of fused-ring (bicyclic) bond motifs is 1. The summed E-state index contributed by atoms with van der Waals surface area (Å²) in [6.07, 6.45) is 8.17. The van der Waals surface area contributed by atoms with Crippen molar-refractivity contribution >= 4 is 40.5 Å². The minimum Gasteiger partial charge on any atom is -0.465 e. The number of aryl methyl sites for hydroxylation is 1. The molecule has 1 aliphatic heterocycles. The standard InChI is InChI=1S/C26H27N3O3S/c1-14-21(27-15(2)23(14)26(31)32-3)12-19-18-11-17(9-10-20(18)28-24(19)30)22-13-33-25(29-22)16-7-5-4-6-8-16/h9-13,16,27H,4-8H2,1-3H3,(H,28,30)/b19-12-. The van der Waals surface area contributed by atoms with Gasteiger partial charge < -0.3 is 15.0 Å². The van der Waals surface area contributed by atoms with Crippen molar-refractivity contribution in [1.29, 1.82) is 0 Å². The van der Waals surface area contributed by atoms with Crippen LogP contribution in [0.5, 0.6) is 0 Å². The van der Waals surface area contributed by atoms with Gasteiger partial charge in [0, 0.05) is 39.5 Å². The van der Waals surface area contributed by atoms with E-state index in [1.54, 1.807) is 11.3 Å². The number of carbonyl (C=O) groups is 2. The van der Waals surface area contributed by atoms with Crippen LogP contribution in [0, 0.1) is 13.8 Å². The molecule has 1 aromatic carbocycles. The zero-order valence-electron chi connectivity index (χ0n) is 19.1. The molecule has 1 saturated carbocycles. The molecule has 1 amide bonds. The second-order valence-corrected chi connectivity index (χ2v) is 9.72. The molecule has 0 bridgehead atoms. The lowest BCUT2D eigenvalue weighted by atomic mass is 9.90. The first kappa shape index (κ1) is 21.6. The van der Waals surface area contributed by atoms with Crippen LogP contribution in [0.4, 0.5) is 5.69 Å². The number of hydrogen-bond donors (Lipinski definition) is 2. The molecule has 33 heavy (non-hydrogen) atoms. The first-order chi connectivity index (χ1) is 16.0. The SMILES string of the molecule is COC(=O)c1c(C)[nH]c(/C=C2\C(=O)Nc3ccc(-c4csc(C5CCCCC5)n4)cc32)c1C. The highest BCUT2D eigenvalue weighted by atomic mass is 32.1. The summed E-state index contributed by atoms with van der Waals surface area (Å²) in [5.74, 6) is 0.0325. The highest BCUT2D eigenvalue weighted by Gasteiger charge is 2.27. The van der Waals surface area contributed by atoms with Crippen LogP contribution in [-0.2, 0) is 9.53 Å². The van der Waals surface area contributed by atoms with Crippen LogP contribution in [0.25, 0.3) is 22.9 Å². The first-order valence-electron chi connectivity index (χ1n) is 11.4. The van der Waals surface area contributed by atoms with E-state index in [0.29, 0.717) is 17.1 Å². The van der Waals surface area contributed by atoms with E-state index >= 15 is 0 Å². The largest absolute Gasteiger partial charge is 0.465 e. The maximum atomic E-state index is 12.8. The van der Waals surface area contributed by atoms with Crippen molar-refractivity contribution in [3.05, 3.63) is 56.7 Å². The van der Waals surface area contributed by atoms with Crippen LogP contribution in [0.1, 0.15) is 75.9 Å². The Kier molecular flexibility index (Phi) is 5.66. The number of rotatable bonds is 4. The molecule has 2 N–H and O–H groups in total. The third-order valence-corrected chi connectivity index (χ3v) is 7.74. The second-order valence-electron chi connectivity index (χ2n) is 8.83. The van der Waals surface area contributed by atoms with E-state index in [1.807, 2.05) is 38.1 Å². The summed E-state index contributed by atoms with van der Waals surface area (Å²) in [5, 5.41) is 6.30. The number of methoxy groups -OCH3 is 1. The highest BCUT2D eigenvalue weighted by Crippen LogP contribution is 2.39. The van der Waals surface area contributed by atoms with Crippen molar-refractivity contribution in [2.45, 2.75) is 51.9 Å². The average molecular weight is 462 g/mol. The van der Waals surface area contributed by atoms with Crippen molar-refractivity contribution in [2.75, 3.05) is 12.4 Å². The molecule has 0 atom stereocenters. The fourth-order valence-corrected chi connectivity index (χ4v) is 5.92. The minimum atomic E-state index is -0.387. The molecule has 3 heterocycles. The maximum Gasteiger partial charge on any atom is 0.339 e. The van der Waals surface area contributed by atoms with E-state index in [9.17, 15) is 9.59 Å². The van der Waals surface area contributed by atoms with Crippen molar-refractivity contribution in [3.8, 4) is 11.3 Å². The molecule has 1 aliphatic carbocycles. The molecule has 5 rings (SSSR count). The topological polar surface area (TPSA) is 84.1 Å². The van der Waals surface area contributed by atoms with Gasteiger partial charge in [-0.05, 0) is 50.5 Å². The Morgan fingerprint density at radius 1 is 1.21 bits per heavy atom. The van der Waals surface area contributed by atoms with Crippen LogP contribution < -0.4 is 5.32 Å². The van der Waals surface area contributed by atoms with Crippen LogP contribution in [-0.4, -0.2) is 29.0 Å². The molecule has 7 heteroatoms. The Bertz CT molecular complexity index is 1280. The van der Waals surface area contributed by atoms with Crippen LogP contribution >= 0.6 is 11.3 Å². The molecule has 3 aromatic rings. The number of nitrogens with one attached hydrogen (secondary N) is 2. The third kappa shape index (κ3) is 3.91. The van der Waals surface area contributed by atoms with E-state index in [1.165, 1.54) is 44.2 Å². The van der Waals surface area contributed by atoms with E-state index in [4.69, 9.17) is 9.72 Å². The Morgan fingerprint density at radius 2 is 2.00 bits per heavy atom. The molecule has 1 fully saturated rings. The first-order valence-corrected chi connectivity index (χ1v) is 12.2. The van der Waals surface area contributed by atoms with E-state index < -0.39 is 0 Å². The van der Waals surface area contributed by atoms with Gasteiger partial charge in [-0.15, -0.1) is 11.3 Å². The predicted molar refractivity (Wildman–Crippen MR) is 131 cm³/mol. The van der Waals surface area contributed by atoms with Gasteiger partial charge in [0.1, 0.15) is 0 Å². The minimum absolute atomic E-state index is 0.158. The van der Waals surface area contributed by atoms with Gasteiger partial charge >= 0.3 is 5.97 Å². The summed E-state index contributed by atoms with van der Waals surface area (Å²) in [7, 11) is 1.37. The van der Waals surface area contributed by atoms with E-state index in [2.05, 4.69) is 15.7 Å². The fraction of sp³-hybridized carbons (Fsp3) is 0.346. The lowest BCUT2D eigenvalue weighted by Gasteiger charge is -2.18. The lowest BCUT2D eigenvalue weighted by Crippen LogP contribution is -2.04. The number of ether oxygens (including phenoxy) is 1. The summed E-state index contributed by atoms with van der Waals surface area (Å²) in [5.41, 5.74) is 6.88. The van der Waals surface area contributed by atoms with Crippen LogP contribution in [0.3, 0.4) is 0 Å². The Labute approximate surface area is 197 Å². The number of nitrogens with zero attached hydrogens (tertiary/aromatic N) is 1. The van der Waals surface area contributed by atoms with E-state index in [0.717, 1.165) is 39.5 Å². The summed E-state index contributed by atoms with van der Waals surface area (Å²) in [4.78, 5) is 33.1. The van der Waals surface area contributed by atoms with Gasteiger partial charge in [0.2, 0.25) is 0 Å². The molecule has 0 saturated heterocycles. The Morgan fingerprint density at radius 3 is 2.76 bits per heavy atom. The lowest BCUT2D eigenvalue weighted by molar-refractivity contribution is -0.110. The number of esters is 1. The molecule has 170 valence electrons. The smallest absolute Gasteiger partial charge is 0.339 e. The predicted octanol–water partition coefficient (Wildman–Crippen LogP) is 6.08. The molecule has 6 nitrogen and oxygen atoms in total. The molecular formula is C26H27N3O3S. The summed E-state index contributed by atoms with van der Waals surface area (Å²) >= 11 is 1.74. The molecule has 0 unspecified atom stereocenters. The molecule has 2 aromatic heterocycles. The molecule has 2 aliphatic rings. The van der Waals surface area contributed by atoms with Gasteiger partial charge in [-0.25, -0.2) is 9.78 Å². The van der Waals surface area contributed by atoms with Crippen molar-refractivity contribution < 1.29 is 14.3 Å². The van der Waals surface area contributed by atoms with Crippen molar-refractivity contribution in [2.24, 2.45) is 0 Å². The fourth-order valence-electron chi connectivity index (χ4n) is 4.92.